The van der Waals surface area contributed by atoms with Gasteiger partial charge in [-0.2, -0.15) is 0 Å². The van der Waals surface area contributed by atoms with Gasteiger partial charge in [0.1, 0.15) is 0 Å². The maximum Gasteiger partial charge on any atom is 0.202 e. The lowest BCUT2D eigenvalue weighted by Gasteiger charge is -2.08. The summed E-state index contributed by atoms with van der Waals surface area (Å²) in [6, 6.07) is 0. The van der Waals surface area contributed by atoms with Gasteiger partial charge in [-0.15, -0.1) is 0 Å². The van der Waals surface area contributed by atoms with Gasteiger partial charge in [-0.05, 0) is 5.92 Å². The first-order valence-electron chi connectivity index (χ1n) is 3.93. The highest BCUT2D eigenvalue weighted by molar-refractivity contribution is 5.23. The average molecular weight is 153 g/mol. The van der Waals surface area contributed by atoms with Gasteiger partial charge in [-0.1, -0.05) is 13.8 Å². The predicted octanol–water partition coefficient (Wildman–Crippen LogP) is 1.58. The summed E-state index contributed by atoms with van der Waals surface area (Å²) in [6.45, 7) is 5.41. The minimum atomic E-state index is 0.663. The molecule has 11 heavy (non-hydrogen) atoms. The monoisotopic (exact) mass is 153 g/mol. The van der Waals surface area contributed by atoms with Crippen LogP contribution in [0.25, 0.3) is 0 Å². The van der Waals surface area contributed by atoms with Crippen LogP contribution in [0.2, 0.25) is 0 Å². The molecule has 3 heteroatoms. The van der Waals surface area contributed by atoms with Crippen LogP contribution in [0.1, 0.15) is 13.8 Å². The van der Waals surface area contributed by atoms with Crippen LogP contribution in [0.3, 0.4) is 0 Å². The van der Waals surface area contributed by atoms with E-state index < -0.39 is 0 Å². The third-order valence-electron chi connectivity index (χ3n) is 1.50. The normalized spacial score (nSPS) is 10.5. The number of imidazole rings is 1. The molecular formula is C8H15N3. The molecule has 0 spiro atoms. The van der Waals surface area contributed by atoms with Crippen molar-refractivity contribution in [1.82, 2.24) is 9.55 Å². The summed E-state index contributed by atoms with van der Waals surface area (Å²) in [5.74, 6) is 1.61. The Hall–Kier alpha value is -0.990. The van der Waals surface area contributed by atoms with Gasteiger partial charge in [-0.3, -0.25) is 0 Å². The van der Waals surface area contributed by atoms with E-state index in [9.17, 15) is 0 Å². The standard InChI is InChI=1S/C8H15N3/c1-7(2)6-11-5-4-10-8(11)9-3/h4-5,7H,6H2,1-3H3,(H,9,10). The Morgan fingerprint density at radius 2 is 2.36 bits per heavy atom. The topological polar surface area (TPSA) is 29.9 Å². The van der Waals surface area contributed by atoms with E-state index in [0.29, 0.717) is 5.92 Å². The maximum absolute atomic E-state index is 4.14. The van der Waals surface area contributed by atoms with E-state index in [2.05, 4.69) is 28.7 Å². The van der Waals surface area contributed by atoms with Gasteiger partial charge in [-0.25, -0.2) is 4.98 Å². The molecule has 0 aliphatic heterocycles. The highest BCUT2D eigenvalue weighted by Crippen LogP contribution is 2.06. The summed E-state index contributed by atoms with van der Waals surface area (Å²) in [5, 5.41) is 3.03. The molecule has 1 aromatic heterocycles. The summed E-state index contributed by atoms with van der Waals surface area (Å²) in [4.78, 5) is 4.14. The molecule has 0 atom stereocenters. The van der Waals surface area contributed by atoms with Crippen LogP contribution in [0.5, 0.6) is 0 Å². The van der Waals surface area contributed by atoms with Gasteiger partial charge in [0.2, 0.25) is 5.95 Å². The lowest BCUT2D eigenvalue weighted by Crippen LogP contribution is -2.07. The van der Waals surface area contributed by atoms with Gasteiger partial charge < -0.3 is 9.88 Å². The Kier molecular flexibility index (Phi) is 2.52. The molecule has 62 valence electrons. The predicted molar refractivity (Wildman–Crippen MR) is 46.6 cm³/mol. The van der Waals surface area contributed by atoms with Crippen LogP contribution >= 0.6 is 0 Å². The molecule has 0 fully saturated rings. The van der Waals surface area contributed by atoms with E-state index in [1.807, 2.05) is 19.4 Å². The Balaban J connectivity index is 2.68. The molecule has 0 unspecified atom stereocenters. The maximum atomic E-state index is 4.14. The van der Waals surface area contributed by atoms with Crippen LogP contribution in [-0.2, 0) is 6.54 Å². The summed E-state index contributed by atoms with van der Waals surface area (Å²) in [5.41, 5.74) is 0. The fourth-order valence-electron chi connectivity index (χ4n) is 1.08. The van der Waals surface area contributed by atoms with Crippen molar-refractivity contribution in [2.24, 2.45) is 5.92 Å². The van der Waals surface area contributed by atoms with E-state index in [-0.39, 0.29) is 0 Å². The summed E-state index contributed by atoms with van der Waals surface area (Å²) in [7, 11) is 1.89. The molecule has 1 heterocycles. The van der Waals surface area contributed by atoms with Crippen molar-refractivity contribution in [3.63, 3.8) is 0 Å². The second kappa shape index (κ2) is 3.42. The molecule has 0 aromatic carbocycles. The SMILES string of the molecule is CNc1nccn1CC(C)C. The minimum Gasteiger partial charge on any atom is -0.359 e. The molecule has 0 saturated carbocycles. The van der Waals surface area contributed by atoms with Crippen molar-refractivity contribution in [3.05, 3.63) is 12.4 Å². The molecular weight excluding hydrogens is 138 g/mol. The summed E-state index contributed by atoms with van der Waals surface area (Å²) in [6.07, 6.45) is 3.81. The smallest absolute Gasteiger partial charge is 0.202 e. The first kappa shape index (κ1) is 8.11. The van der Waals surface area contributed by atoms with E-state index >= 15 is 0 Å². The van der Waals surface area contributed by atoms with Crippen molar-refractivity contribution in [3.8, 4) is 0 Å². The van der Waals surface area contributed by atoms with Crippen LogP contribution < -0.4 is 5.32 Å². The molecule has 0 saturated heterocycles. The van der Waals surface area contributed by atoms with Crippen molar-refractivity contribution >= 4 is 5.95 Å². The number of nitrogens with one attached hydrogen (secondary N) is 1. The zero-order chi connectivity index (χ0) is 8.27. The summed E-state index contributed by atoms with van der Waals surface area (Å²) >= 11 is 0. The number of hydrogen-bond acceptors (Lipinski definition) is 2. The number of anilines is 1. The van der Waals surface area contributed by atoms with Gasteiger partial charge in [0.25, 0.3) is 0 Å². The molecule has 1 rings (SSSR count). The molecule has 0 amide bonds. The Morgan fingerprint density at radius 1 is 1.64 bits per heavy atom. The quantitative estimate of drug-likeness (QED) is 0.714. The fraction of sp³-hybridized carbons (Fsp3) is 0.625. The van der Waals surface area contributed by atoms with E-state index in [4.69, 9.17) is 0 Å². The lowest BCUT2D eigenvalue weighted by atomic mass is 10.2. The third kappa shape index (κ3) is 1.97. The molecule has 0 radical (unpaired) electrons. The number of rotatable bonds is 3. The third-order valence-corrected chi connectivity index (χ3v) is 1.50. The van der Waals surface area contributed by atoms with Crippen LogP contribution in [0.15, 0.2) is 12.4 Å². The van der Waals surface area contributed by atoms with Gasteiger partial charge in [0.15, 0.2) is 0 Å². The molecule has 0 bridgehead atoms. The van der Waals surface area contributed by atoms with Crippen LogP contribution in [0, 0.1) is 5.92 Å². The average Bonchev–Trinajstić information content (AvgIpc) is 2.34. The Labute approximate surface area is 67.4 Å². The molecule has 1 N–H and O–H groups in total. The second-order valence-corrected chi connectivity index (χ2v) is 3.05. The van der Waals surface area contributed by atoms with E-state index in [1.165, 1.54) is 0 Å². The van der Waals surface area contributed by atoms with Gasteiger partial charge in [0, 0.05) is 26.0 Å². The molecule has 1 aromatic rings. The number of aromatic nitrogens is 2. The molecule has 0 aliphatic rings. The molecule has 3 nitrogen and oxygen atoms in total. The Bertz CT molecular complexity index is 215. The van der Waals surface area contributed by atoms with Crippen molar-refractivity contribution in [2.75, 3.05) is 12.4 Å². The fourth-order valence-corrected chi connectivity index (χ4v) is 1.08. The van der Waals surface area contributed by atoms with E-state index in [0.717, 1.165) is 12.5 Å². The van der Waals surface area contributed by atoms with Crippen molar-refractivity contribution < 1.29 is 0 Å². The van der Waals surface area contributed by atoms with Gasteiger partial charge in [0.05, 0.1) is 0 Å². The highest BCUT2D eigenvalue weighted by Gasteiger charge is 2.00. The second-order valence-electron chi connectivity index (χ2n) is 3.05. The number of nitrogens with zero attached hydrogens (tertiary/aromatic N) is 2. The largest absolute Gasteiger partial charge is 0.359 e. The zero-order valence-electron chi connectivity index (χ0n) is 7.33. The van der Waals surface area contributed by atoms with Crippen LogP contribution in [-0.4, -0.2) is 16.6 Å². The van der Waals surface area contributed by atoms with E-state index in [1.54, 1.807) is 0 Å². The van der Waals surface area contributed by atoms with Crippen molar-refractivity contribution in [2.45, 2.75) is 20.4 Å². The molecule has 0 aliphatic carbocycles. The number of hydrogen-bond donors (Lipinski definition) is 1. The highest BCUT2D eigenvalue weighted by atomic mass is 15.2. The Morgan fingerprint density at radius 3 is 2.91 bits per heavy atom. The lowest BCUT2D eigenvalue weighted by molar-refractivity contribution is 0.527. The minimum absolute atomic E-state index is 0.663. The van der Waals surface area contributed by atoms with Crippen molar-refractivity contribution in [1.29, 1.82) is 0 Å². The summed E-state index contributed by atoms with van der Waals surface area (Å²) < 4.78 is 2.12. The first-order valence-corrected chi connectivity index (χ1v) is 3.93. The zero-order valence-corrected chi connectivity index (χ0v) is 7.33. The van der Waals surface area contributed by atoms with Gasteiger partial charge >= 0.3 is 0 Å². The van der Waals surface area contributed by atoms with Crippen LogP contribution in [0.4, 0.5) is 5.95 Å². The first-order chi connectivity index (χ1) is 5.24.